The lowest BCUT2D eigenvalue weighted by Gasteiger charge is -2.09. The summed E-state index contributed by atoms with van der Waals surface area (Å²) < 4.78 is 2.01. The summed E-state index contributed by atoms with van der Waals surface area (Å²) in [7, 11) is 0. The molecule has 2 aromatic heterocycles. The molecule has 0 atom stereocenters. The van der Waals surface area contributed by atoms with Crippen LogP contribution in [0, 0.1) is 45.3 Å². The number of rotatable bonds is 3. The van der Waals surface area contributed by atoms with Gasteiger partial charge >= 0.3 is 0 Å². The van der Waals surface area contributed by atoms with E-state index >= 15 is 0 Å². The van der Waals surface area contributed by atoms with Crippen molar-refractivity contribution in [1.82, 2.24) is 9.55 Å². The van der Waals surface area contributed by atoms with Gasteiger partial charge in [-0.3, -0.25) is 4.57 Å². The van der Waals surface area contributed by atoms with Crippen molar-refractivity contribution >= 4 is 38.9 Å². The van der Waals surface area contributed by atoms with Crippen molar-refractivity contribution in [3.63, 3.8) is 0 Å². The Labute approximate surface area is 234 Å². The monoisotopic (exact) mass is 528 g/mol. The van der Waals surface area contributed by atoms with Crippen LogP contribution in [0.4, 0.5) is 0 Å². The van der Waals surface area contributed by atoms with Crippen molar-refractivity contribution in [2.75, 3.05) is 0 Å². The van der Waals surface area contributed by atoms with Gasteiger partial charge < -0.3 is 0 Å². The number of hydrogen-bond donors (Lipinski definition) is 0. The van der Waals surface area contributed by atoms with Gasteiger partial charge in [0.25, 0.3) is 0 Å². The predicted octanol–water partition coefficient (Wildman–Crippen LogP) is 7.45. The Bertz CT molecular complexity index is 1980. The maximum Gasteiger partial charge on any atom is 0.143 e. The normalized spacial score (nSPS) is 11.8. The van der Waals surface area contributed by atoms with Crippen molar-refractivity contribution in [1.29, 1.82) is 21.0 Å². The Morgan fingerprint density at radius 1 is 0.700 bits per heavy atom. The molecule has 0 bridgehead atoms. The average Bonchev–Trinajstić information content (AvgIpc) is 3.66. The molecule has 40 heavy (non-hydrogen) atoms. The molecule has 0 saturated carbocycles. The minimum absolute atomic E-state index is 0.102. The van der Waals surface area contributed by atoms with Crippen LogP contribution in [0.15, 0.2) is 108 Å². The predicted molar refractivity (Wildman–Crippen MR) is 155 cm³/mol. The number of nitriles is 4. The van der Waals surface area contributed by atoms with Crippen molar-refractivity contribution in [2.45, 2.75) is 0 Å². The van der Waals surface area contributed by atoms with Gasteiger partial charge in [0, 0.05) is 21.7 Å². The summed E-state index contributed by atoms with van der Waals surface area (Å²) in [6, 6.07) is 37.2. The van der Waals surface area contributed by atoms with E-state index in [9.17, 15) is 21.0 Å². The van der Waals surface area contributed by atoms with Gasteiger partial charge in [0.15, 0.2) is 0 Å². The molecule has 7 heteroatoms. The summed E-state index contributed by atoms with van der Waals surface area (Å²) in [6.07, 6.45) is 1.77. The molecule has 2 heterocycles. The van der Waals surface area contributed by atoms with E-state index in [4.69, 9.17) is 4.98 Å². The Hall–Kier alpha value is -5.99. The van der Waals surface area contributed by atoms with Crippen LogP contribution in [0.25, 0.3) is 43.7 Å². The summed E-state index contributed by atoms with van der Waals surface area (Å²) >= 11 is 1.56. The van der Waals surface area contributed by atoms with Gasteiger partial charge in [-0.2, -0.15) is 21.0 Å². The highest BCUT2D eigenvalue weighted by Gasteiger charge is 2.32. The summed E-state index contributed by atoms with van der Waals surface area (Å²) in [5.74, 6) is 0.551. The number of allylic oxidation sites excluding steroid dienone is 5. The molecule has 6 nitrogen and oxygen atoms in total. The van der Waals surface area contributed by atoms with Gasteiger partial charge in [0.05, 0.1) is 5.52 Å². The van der Waals surface area contributed by atoms with Gasteiger partial charge in [-0.25, -0.2) is 4.98 Å². The van der Waals surface area contributed by atoms with Gasteiger partial charge in [-0.15, -0.1) is 11.3 Å². The number of imidazole rings is 1. The molecule has 0 saturated heterocycles. The van der Waals surface area contributed by atoms with Crippen LogP contribution in [-0.2, 0) is 0 Å². The first kappa shape index (κ1) is 24.4. The van der Waals surface area contributed by atoms with E-state index in [1.807, 2.05) is 77.4 Å². The highest BCUT2D eigenvalue weighted by Crippen LogP contribution is 2.49. The highest BCUT2D eigenvalue weighted by molar-refractivity contribution is 7.21. The molecule has 0 fully saturated rings. The summed E-state index contributed by atoms with van der Waals surface area (Å²) in [5, 5.41) is 39.5. The molecule has 1 aliphatic carbocycles. The number of hydrogen-bond acceptors (Lipinski definition) is 6. The van der Waals surface area contributed by atoms with E-state index in [1.165, 1.54) is 0 Å². The first-order valence-electron chi connectivity index (χ1n) is 12.2. The van der Waals surface area contributed by atoms with Crippen LogP contribution in [-0.4, -0.2) is 9.55 Å². The summed E-state index contributed by atoms with van der Waals surface area (Å²) in [5.41, 5.74) is 5.11. The van der Waals surface area contributed by atoms with Gasteiger partial charge in [-0.05, 0) is 46.5 Å². The molecule has 0 amide bonds. The van der Waals surface area contributed by atoms with E-state index in [1.54, 1.807) is 41.7 Å². The zero-order valence-electron chi connectivity index (χ0n) is 20.8. The molecular formula is C33H16N6S. The maximum absolute atomic E-state index is 9.86. The molecular weight excluding hydrogens is 512 g/mol. The second kappa shape index (κ2) is 10.1. The zero-order chi connectivity index (χ0) is 27.6. The largest absolute Gasteiger partial charge is 0.292 e. The number of aromatic nitrogens is 2. The second-order valence-electron chi connectivity index (χ2n) is 8.86. The fourth-order valence-corrected chi connectivity index (χ4v) is 6.03. The fraction of sp³-hybridized carbons (Fsp3) is 0. The van der Waals surface area contributed by atoms with E-state index in [0.29, 0.717) is 33.7 Å². The summed E-state index contributed by atoms with van der Waals surface area (Å²) in [6.45, 7) is 0. The second-order valence-corrected chi connectivity index (χ2v) is 9.89. The van der Waals surface area contributed by atoms with Crippen LogP contribution in [0.5, 0.6) is 0 Å². The molecule has 184 valence electrons. The molecule has 0 aliphatic heterocycles. The Kier molecular flexibility index (Phi) is 6.12. The van der Waals surface area contributed by atoms with E-state index in [-0.39, 0.29) is 11.1 Å². The third kappa shape index (κ3) is 3.89. The molecule has 6 rings (SSSR count). The van der Waals surface area contributed by atoms with Gasteiger partial charge in [-0.1, -0.05) is 72.8 Å². The molecule has 0 spiro atoms. The molecule has 0 unspecified atom stereocenters. The SMILES string of the molecule is N#CC(C#N)=C1C(=Cc2nc3sc(-c4ccccc4)cc3n2-c2ccccc2)C(=C(C#N)C#N)c2ccccc21. The number of fused-ring (bicyclic) bond motifs is 2. The first-order valence-corrected chi connectivity index (χ1v) is 13.0. The van der Waals surface area contributed by atoms with E-state index < -0.39 is 0 Å². The van der Waals surface area contributed by atoms with E-state index in [2.05, 4.69) is 18.2 Å². The molecule has 5 aromatic rings. The van der Waals surface area contributed by atoms with Crippen molar-refractivity contribution in [3.8, 4) is 40.4 Å². The van der Waals surface area contributed by atoms with Gasteiger partial charge in [0.2, 0.25) is 0 Å². The number of para-hydroxylation sites is 1. The maximum atomic E-state index is 9.86. The Balaban J connectivity index is 1.69. The van der Waals surface area contributed by atoms with E-state index in [0.717, 1.165) is 26.5 Å². The van der Waals surface area contributed by atoms with Crippen LogP contribution in [0.1, 0.15) is 17.0 Å². The zero-order valence-corrected chi connectivity index (χ0v) is 21.6. The lowest BCUT2D eigenvalue weighted by molar-refractivity contribution is 1.07. The number of benzene rings is 3. The van der Waals surface area contributed by atoms with Crippen molar-refractivity contribution in [3.05, 3.63) is 125 Å². The third-order valence-electron chi connectivity index (χ3n) is 6.68. The average molecular weight is 529 g/mol. The van der Waals surface area contributed by atoms with Crippen LogP contribution < -0.4 is 0 Å². The minimum Gasteiger partial charge on any atom is -0.292 e. The Morgan fingerprint density at radius 3 is 1.77 bits per heavy atom. The topological polar surface area (TPSA) is 113 Å². The third-order valence-corrected chi connectivity index (χ3v) is 7.74. The molecule has 3 aromatic carbocycles. The highest BCUT2D eigenvalue weighted by atomic mass is 32.1. The van der Waals surface area contributed by atoms with Crippen molar-refractivity contribution < 1.29 is 0 Å². The van der Waals surface area contributed by atoms with Crippen LogP contribution in [0.2, 0.25) is 0 Å². The number of thiophene rings is 1. The molecule has 0 radical (unpaired) electrons. The minimum atomic E-state index is -0.102. The standard InChI is InChI=1S/C33H16N6S/c34-17-22(18-35)31-25-13-7-8-14-26(25)32(23(19-36)20-37)27(31)15-30-38-33-28(39(30)24-11-5-2-6-12-24)16-29(40-33)21-9-3-1-4-10-21/h1-16H. The lowest BCUT2D eigenvalue weighted by Crippen LogP contribution is -1.98. The first-order chi connectivity index (χ1) is 19.7. The van der Waals surface area contributed by atoms with Crippen LogP contribution >= 0.6 is 11.3 Å². The molecule has 0 N–H and O–H groups in total. The lowest BCUT2D eigenvalue weighted by atomic mass is 9.96. The molecule has 1 aliphatic rings. The fourth-order valence-electron chi connectivity index (χ4n) is 5.00. The van der Waals surface area contributed by atoms with Gasteiger partial charge in [0.1, 0.15) is 46.1 Å². The Morgan fingerprint density at radius 2 is 1.23 bits per heavy atom. The number of nitrogens with zero attached hydrogens (tertiary/aromatic N) is 6. The quantitative estimate of drug-likeness (QED) is 0.226. The van der Waals surface area contributed by atoms with Crippen LogP contribution in [0.3, 0.4) is 0 Å². The smallest absolute Gasteiger partial charge is 0.143 e. The summed E-state index contributed by atoms with van der Waals surface area (Å²) in [4.78, 5) is 6.86. The van der Waals surface area contributed by atoms with Crippen molar-refractivity contribution in [2.24, 2.45) is 0 Å².